The van der Waals surface area contributed by atoms with Crippen LogP contribution >= 0.6 is 11.6 Å². The van der Waals surface area contributed by atoms with Gasteiger partial charge in [0.15, 0.2) is 0 Å². The van der Waals surface area contributed by atoms with Crippen molar-refractivity contribution >= 4 is 11.6 Å². The molecular weight excluding hydrogens is 270 g/mol. The van der Waals surface area contributed by atoms with Crippen molar-refractivity contribution < 1.29 is 5.11 Å². The van der Waals surface area contributed by atoms with Crippen molar-refractivity contribution in [1.29, 1.82) is 0 Å². The van der Waals surface area contributed by atoms with E-state index < -0.39 is 0 Å². The zero-order valence-corrected chi connectivity index (χ0v) is 12.6. The lowest BCUT2D eigenvalue weighted by Gasteiger charge is -2.15. The first-order valence-corrected chi connectivity index (χ1v) is 7.19. The molecule has 0 aliphatic heterocycles. The molecule has 3 heteroatoms. The molecule has 20 heavy (non-hydrogen) atoms. The highest BCUT2D eigenvalue weighted by Crippen LogP contribution is 2.21. The van der Waals surface area contributed by atoms with E-state index in [1.807, 2.05) is 43.3 Å². The molecule has 2 aromatic rings. The van der Waals surface area contributed by atoms with Crippen LogP contribution in [-0.4, -0.2) is 11.1 Å². The number of hydrogen-bond acceptors (Lipinski definition) is 2. The lowest BCUT2D eigenvalue weighted by atomic mass is 10.1. The molecule has 0 amide bonds. The van der Waals surface area contributed by atoms with Gasteiger partial charge >= 0.3 is 0 Å². The molecule has 0 bridgehead atoms. The quantitative estimate of drug-likeness (QED) is 0.869. The van der Waals surface area contributed by atoms with E-state index in [4.69, 9.17) is 11.6 Å². The van der Waals surface area contributed by atoms with Crippen molar-refractivity contribution in [1.82, 2.24) is 5.32 Å². The number of nitrogens with one attached hydrogen (secondary N) is 1. The predicted molar refractivity (Wildman–Crippen MR) is 84.3 cm³/mol. The normalized spacial score (nSPS) is 12.3. The monoisotopic (exact) mass is 289 g/mol. The first-order chi connectivity index (χ1) is 9.56. The van der Waals surface area contributed by atoms with Crippen LogP contribution in [0, 0.1) is 6.92 Å². The lowest BCUT2D eigenvalue weighted by molar-refractivity contribution is 0.455. The maximum Gasteiger partial charge on any atom is 0.122 e. The molecule has 0 aliphatic carbocycles. The number of phenolic OH excluding ortho intramolecular Hbond substituents is 1. The second-order valence-electron chi connectivity index (χ2n) is 5.20. The Morgan fingerprint density at radius 2 is 1.95 bits per heavy atom. The highest BCUT2D eigenvalue weighted by Gasteiger charge is 2.07. The summed E-state index contributed by atoms with van der Waals surface area (Å²) in [5.74, 6) is 0.384. The van der Waals surface area contributed by atoms with Crippen molar-refractivity contribution in [3.05, 3.63) is 64.2 Å². The van der Waals surface area contributed by atoms with E-state index in [9.17, 15) is 5.11 Å². The van der Waals surface area contributed by atoms with Crippen LogP contribution in [0.25, 0.3) is 0 Å². The second kappa shape index (κ2) is 6.78. The van der Waals surface area contributed by atoms with Crippen LogP contribution in [-0.2, 0) is 13.0 Å². The Morgan fingerprint density at radius 1 is 1.20 bits per heavy atom. The van der Waals surface area contributed by atoms with Crippen LogP contribution in [0.1, 0.15) is 23.6 Å². The average Bonchev–Trinajstić information content (AvgIpc) is 2.40. The van der Waals surface area contributed by atoms with Crippen LogP contribution < -0.4 is 5.32 Å². The molecule has 0 saturated heterocycles. The molecule has 0 saturated carbocycles. The number of hydrogen-bond donors (Lipinski definition) is 2. The van der Waals surface area contributed by atoms with Gasteiger partial charge in [0.2, 0.25) is 0 Å². The zero-order chi connectivity index (χ0) is 14.5. The summed E-state index contributed by atoms with van der Waals surface area (Å²) in [4.78, 5) is 0. The van der Waals surface area contributed by atoms with Crippen LogP contribution in [0.3, 0.4) is 0 Å². The van der Waals surface area contributed by atoms with E-state index in [-0.39, 0.29) is 0 Å². The third-order valence-corrected chi connectivity index (χ3v) is 3.63. The Labute approximate surface area is 125 Å². The molecule has 0 radical (unpaired) electrons. The average molecular weight is 290 g/mol. The van der Waals surface area contributed by atoms with Gasteiger partial charge < -0.3 is 10.4 Å². The molecular formula is C17H20ClNO. The molecule has 1 atom stereocenters. The molecule has 0 aliphatic rings. The number of benzene rings is 2. The Bertz CT molecular complexity index is 583. The van der Waals surface area contributed by atoms with Crippen molar-refractivity contribution in [2.75, 3.05) is 0 Å². The predicted octanol–water partition coefficient (Wildman–Crippen LogP) is 4.07. The van der Waals surface area contributed by atoms with Crippen molar-refractivity contribution in [3.63, 3.8) is 0 Å². The molecule has 106 valence electrons. The van der Waals surface area contributed by atoms with E-state index in [2.05, 4.69) is 18.3 Å². The topological polar surface area (TPSA) is 32.3 Å². The Balaban J connectivity index is 1.92. The SMILES string of the molecule is Cc1cccc(CNC(C)Cc2cccc(Cl)c2)c1O. The number of rotatable bonds is 5. The first-order valence-electron chi connectivity index (χ1n) is 6.81. The summed E-state index contributed by atoms with van der Waals surface area (Å²) in [6, 6.07) is 14.1. The van der Waals surface area contributed by atoms with Gasteiger partial charge in [0.05, 0.1) is 0 Å². The molecule has 2 aromatic carbocycles. The van der Waals surface area contributed by atoms with E-state index >= 15 is 0 Å². The van der Waals surface area contributed by atoms with Gasteiger partial charge in [-0.2, -0.15) is 0 Å². The van der Waals surface area contributed by atoms with Gasteiger partial charge in [-0.3, -0.25) is 0 Å². The summed E-state index contributed by atoms with van der Waals surface area (Å²) < 4.78 is 0. The van der Waals surface area contributed by atoms with Crippen LogP contribution in [0.5, 0.6) is 5.75 Å². The number of aryl methyl sites for hydroxylation is 1. The summed E-state index contributed by atoms with van der Waals surface area (Å²) >= 11 is 5.99. The minimum Gasteiger partial charge on any atom is -0.507 e. The van der Waals surface area contributed by atoms with E-state index in [1.54, 1.807) is 0 Å². The second-order valence-corrected chi connectivity index (χ2v) is 5.64. The molecule has 2 N–H and O–H groups in total. The summed E-state index contributed by atoms with van der Waals surface area (Å²) in [5, 5.41) is 14.2. The summed E-state index contributed by atoms with van der Waals surface area (Å²) in [6.45, 7) is 4.71. The summed E-state index contributed by atoms with van der Waals surface area (Å²) in [6.07, 6.45) is 0.910. The van der Waals surface area contributed by atoms with Crippen LogP contribution in [0.15, 0.2) is 42.5 Å². The number of para-hydroxylation sites is 1. The van der Waals surface area contributed by atoms with Gasteiger partial charge in [-0.25, -0.2) is 0 Å². The molecule has 0 heterocycles. The third kappa shape index (κ3) is 3.99. The first kappa shape index (κ1) is 14.9. The third-order valence-electron chi connectivity index (χ3n) is 3.39. The van der Waals surface area contributed by atoms with E-state index in [1.165, 1.54) is 5.56 Å². The molecule has 0 fully saturated rings. The van der Waals surface area contributed by atoms with Gasteiger partial charge in [0, 0.05) is 23.2 Å². The Morgan fingerprint density at radius 3 is 2.70 bits per heavy atom. The zero-order valence-electron chi connectivity index (χ0n) is 11.9. The number of aromatic hydroxyl groups is 1. The number of phenols is 1. The van der Waals surface area contributed by atoms with Gasteiger partial charge in [0.1, 0.15) is 5.75 Å². The van der Waals surface area contributed by atoms with Crippen molar-refractivity contribution in [2.45, 2.75) is 32.9 Å². The van der Waals surface area contributed by atoms with Gasteiger partial charge in [-0.05, 0) is 43.5 Å². The smallest absolute Gasteiger partial charge is 0.122 e. The summed E-state index contributed by atoms with van der Waals surface area (Å²) in [5.41, 5.74) is 3.06. The van der Waals surface area contributed by atoms with E-state index in [0.29, 0.717) is 18.3 Å². The fourth-order valence-corrected chi connectivity index (χ4v) is 2.45. The minimum atomic E-state index is 0.313. The molecule has 0 spiro atoms. The van der Waals surface area contributed by atoms with Gasteiger partial charge in [-0.15, -0.1) is 0 Å². The highest BCUT2D eigenvalue weighted by atomic mass is 35.5. The van der Waals surface area contributed by atoms with Crippen molar-refractivity contribution in [2.24, 2.45) is 0 Å². The van der Waals surface area contributed by atoms with Crippen LogP contribution in [0.4, 0.5) is 0 Å². The number of halogens is 1. The molecule has 2 nitrogen and oxygen atoms in total. The highest BCUT2D eigenvalue weighted by molar-refractivity contribution is 6.30. The standard InChI is InChI=1S/C17H20ClNO/c1-12-5-3-7-15(17(12)20)11-19-13(2)9-14-6-4-8-16(18)10-14/h3-8,10,13,19-20H,9,11H2,1-2H3. The van der Waals surface area contributed by atoms with Gasteiger partial charge in [-0.1, -0.05) is 41.9 Å². The molecule has 0 aromatic heterocycles. The largest absolute Gasteiger partial charge is 0.507 e. The molecule has 2 rings (SSSR count). The molecule has 1 unspecified atom stereocenters. The Hall–Kier alpha value is -1.51. The fourth-order valence-electron chi connectivity index (χ4n) is 2.24. The Kier molecular flexibility index (Phi) is 5.05. The lowest BCUT2D eigenvalue weighted by Crippen LogP contribution is -2.27. The van der Waals surface area contributed by atoms with Crippen LogP contribution in [0.2, 0.25) is 5.02 Å². The van der Waals surface area contributed by atoms with E-state index in [0.717, 1.165) is 22.6 Å². The maximum atomic E-state index is 9.98. The fraction of sp³-hybridized carbons (Fsp3) is 0.294. The minimum absolute atomic E-state index is 0.313. The maximum absolute atomic E-state index is 9.98. The summed E-state index contributed by atoms with van der Waals surface area (Å²) in [7, 11) is 0. The van der Waals surface area contributed by atoms with Gasteiger partial charge in [0.25, 0.3) is 0 Å². The van der Waals surface area contributed by atoms with Crippen molar-refractivity contribution in [3.8, 4) is 5.75 Å².